The van der Waals surface area contributed by atoms with E-state index >= 15 is 0 Å². The van der Waals surface area contributed by atoms with Crippen molar-refractivity contribution in [2.45, 2.75) is 9.79 Å². The van der Waals surface area contributed by atoms with Crippen LogP contribution >= 0.6 is 92.8 Å². The number of nitrogens with one attached hydrogen (secondary N) is 1. The molecule has 9 nitrogen and oxygen atoms in total. The second kappa shape index (κ2) is 23.7. The molecule has 0 unspecified atom stereocenters. The summed E-state index contributed by atoms with van der Waals surface area (Å²) < 4.78 is 24.4. The third-order valence-corrected chi connectivity index (χ3v) is 12.5. The van der Waals surface area contributed by atoms with E-state index in [1.54, 1.807) is 122 Å². The largest absolute Gasteiger partial charge is 0.359 e. The quantitative estimate of drug-likeness (QED) is 0.148. The van der Waals surface area contributed by atoms with Crippen molar-refractivity contribution in [2.24, 2.45) is 0 Å². The molecule has 18 heteroatoms. The predicted octanol–water partition coefficient (Wildman–Crippen LogP) is 14.0. The van der Waals surface area contributed by atoms with Gasteiger partial charge in [0.15, 0.2) is 11.6 Å². The monoisotopic (exact) mass is 1030 g/mol. The van der Waals surface area contributed by atoms with E-state index in [0.717, 1.165) is 0 Å². The molecule has 4 aromatic carbocycles. The number of aromatic nitrogens is 4. The molecule has 0 atom stereocenters. The summed E-state index contributed by atoms with van der Waals surface area (Å²) in [7, 11) is -3.67. The number of benzene rings is 4. The van der Waals surface area contributed by atoms with Gasteiger partial charge in [0.2, 0.25) is 15.6 Å². The molecule has 0 fully saturated rings. The Kier molecular flexibility index (Phi) is 18.5. The van der Waals surface area contributed by atoms with Gasteiger partial charge in [-0.25, -0.2) is 8.42 Å². The number of hydrogen-bond donors (Lipinski definition) is 1. The molecule has 0 aliphatic rings. The van der Waals surface area contributed by atoms with Gasteiger partial charge >= 0.3 is 0 Å². The lowest BCUT2D eigenvalue weighted by molar-refractivity contribution is 0.102. The van der Waals surface area contributed by atoms with Crippen LogP contribution in [0.3, 0.4) is 0 Å². The molecule has 64 heavy (non-hydrogen) atoms. The van der Waals surface area contributed by atoms with Crippen molar-refractivity contribution in [1.82, 2.24) is 19.9 Å². The van der Waals surface area contributed by atoms with Gasteiger partial charge in [0, 0.05) is 91.3 Å². The van der Waals surface area contributed by atoms with E-state index in [1.807, 2.05) is 0 Å². The van der Waals surface area contributed by atoms with Crippen LogP contribution in [0.1, 0.15) is 47.9 Å². The first-order valence-corrected chi connectivity index (χ1v) is 22.6. The SMILES string of the molecule is O=C(c1ccc[nH]1)c1cc(Cl)ccc1Cl.O=C(c1cccnc1)c1cc(Cl)ccc1Cl.O=C(c1ccncc1)c1cc(Cl)ccc1Cl.O=S(=O)(c1cccnc1)c1cc(Cl)ccc1Cl. The van der Waals surface area contributed by atoms with E-state index in [4.69, 9.17) is 92.8 Å². The number of aromatic amines is 1. The van der Waals surface area contributed by atoms with Crippen LogP contribution < -0.4 is 0 Å². The Morgan fingerprint density at radius 2 is 0.906 bits per heavy atom. The number of rotatable bonds is 8. The maximum atomic E-state index is 12.2. The molecule has 0 bridgehead atoms. The summed E-state index contributed by atoms with van der Waals surface area (Å²) in [6.07, 6.45) is 10.7. The first-order chi connectivity index (χ1) is 30.6. The van der Waals surface area contributed by atoms with Crippen molar-refractivity contribution < 1.29 is 22.8 Å². The second-order valence-corrected chi connectivity index (χ2v) is 18.0. The molecule has 0 radical (unpaired) electrons. The van der Waals surface area contributed by atoms with E-state index in [2.05, 4.69) is 19.9 Å². The normalized spacial score (nSPS) is 10.5. The lowest BCUT2D eigenvalue weighted by Crippen LogP contribution is -2.03. The summed E-state index contributed by atoms with van der Waals surface area (Å²) in [6, 6.07) is 31.9. The molecule has 4 aromatic heterocycles. The molecule has 0 saturated carbocycles. The van der Waals surface area contributed by atoms with Crippen LogP contribution in [0.2, 0.25) is 40.2 Å². The van der Waals surface area contributed by atoms with E-state index in [1.165, 1.54) is 42.9 Å². The van der Waals surface area contributed by atoms with Crippen molar-refractivity contribution in [1.29, 1.82) is 0 Å². The Balaban J connectivity index is 0.000000161. The zero-order valence-electron chi connectivity index (χ0n) is 32.4. The predicted molar refractivity (Wildman–Crippen MR) is 255 cm³/mol. The molecule has 324 valence electrons. The van der Waals surface area contributed by atoms with E-state index in [-0.39, 0.29) is 32.2 Å². The number of sulfone groups is 1. The molecule has 8 aromatic rings. The maximum Gasteiger partial charge on any atom is 0.210 e. The van der Waals surface area contributed by atoms with Gasteiger partial charge in [-0.3, -0.25) is 29.3 Å². The standard InChI is InChI=1S/2C12H7Cl2NO.C11H7Cl2NO2S.C11H7Cl2NO/c13-9-1-2-11(14)10(7-9)12(16)8-3-5-15-6-4-8;13-9-3-4-11(14)10(6-9)12(16)8-2-1-5-15-7-8;12-8-3-4-10(13)11(6-8)17(15,16)9-2-1-5-14-7-9;12-7-3-4-9(13)8(6-7)11(15)10-2-1-5-14-10/h2*1-7H;1-7H;1-6,14H. The molecule has 0 aliphatic carbocycles. The third kappa shape index (κ3) is 13.7. The van der Waals surface area contributed by atoms with E-state index in [9.17, 15) is 22.8 Å². The Morgan fingerprint density at radius 1 is 0.438 bits per heavy atom. The number of halogens is 8. The van der Waals surface area contributed by atoms with Crippen molar-refractivity contribution in [2.75, 3.05) is 0 Å². The van der Waals surface area contributed by atoms with Crippen LogP contribution in [-0.4, -0.2) is 45.7 Å². The molecule has 0 aliphatic heterocycles. The number of pyridine rings is 3. The Hall–Kier alpha value is -5.11. The van der Waals surface area contributed by atoms with Gasteiger partial charge in [-0.1, -0.05) is 92.8 Å². The highest BCUT2D eigenvalue weighted by atomic mass is 35.5. The van der Waals surface area contributed by atoms with Crippen LogP contribution in [0.4, 0.5) is 0 Å². The fraction of sp³-hybridized carbons (Fsp3) is 0. The molecule has 4 heterocycles. The molecule has 0 spiro atoms. The van der Waals surface area contributed by atoms with Crippen LogP contribution in [0.15, 0.2) is 174 Å². The highest BCUT2D eigenvalue weighted by Crippen LogP contribution is 2.30. The summed E-state index contributed by atoms with van der Waals surface area (Å²) in [5.74, 6) is -0.497. The zero-order valence-corrected chi connectivity index (χ0v) is 39.3. The lowest BCUT2D eigenvalue weighted by atomic mass is 10.0. The smallest absolute Gasteiger partial charge is 0.210 e. The molecule has 1 N–H and O–H groups in total. The molecule has 0 saturated heterocycles. The van der Waals surface area contributed by atoms with Crippen LogP contribution in [-0.2, 0) is 9.84 Å². The summed E-state index contributed by atoms with van der Waals surface area (Å²) in [5, 5.41) is 3.10. The van der Waals surface area contributed by atoms with Gasteiger partial charge in [-0.05, 0) is 121 Å². The molecule has 8 rings (SSSR count). The van der Waals surface area contributed by atoms with Crippen molar-refractivity contribution in [3.8, 4) is 0 Å². The van der Waals surface area contributed by atoms with Gasteiger partial charge in [0.25, 0.3) is 0 Å². The number of ketones is 3. The summed E-state index contributed by atoms with van der Waals surface area (Å²) in [6.45, 7) is 0. The topological polar surface area (TPSA) is 140 Å². The van der Waals surface area contributed by atoms with Crippen molar-refractivity contribution in [3.63, 3.8) is 0 Å². The number of H-pyrrole nitrogens is 1. The van der Waals surface area contributed by atoms with Gasteiger partial charge in [-0.2, -0.15) is 0 Å². The first-order valence-electron chi connectivity index (χ1n) is 18.1. The second-order valence-electron chi connectivity index (χ2n) is 12.7. The minimum Gasteiger partial charge on any atom is -0.359 e. The number of carbonyl (C=O) groups excluding carboxylic acids is 3. The minimum atomic E-state index is -3.67. The summed E-state index contributed by atoms with van der Waals surface area (Å²) >= 11 is 46.9. The van der Waals surface area contributed by atoms with Gasteiger partial charge in [0.05, 0.1) is 35.6 Å². The van der Waals surface area contributed by atoms with E-state index in [0.29, 0.717) is 68.7 Å². The maximum absolute atomic E-state index is 12.2. The average Bonchev–Trinajstić information content (AvgIpc) is 3.86. The van der Waals surface area contributed by atoms with Gasteiger partial charge in [0.1, 0.15) is 0 Å². The zero-order chi connectivity index (χ0) is 46.4. The van der Waals surface area contributed by atoms with Crippen molar-refractivity contribution >= 4 is 120 Å². The fourth-order valence-electron chi connectivity index (χ4n) is 5.26. The molecular formula is C46H28Cl8N4O5S. The highest BCUT2D eigenvalue weighted by molar-refractivity contribution is 7.91. The van der Waals surface area contributed by atoms with Crippen LogP contribution in [0, 0.1) is 0 Å². The minimum absolute atomic E-state index is 0.0142. The molecular weight excluding hydrogens is 1000 g/mol. The Morgan fingerprint density at radius 3 is 1.38 bits per heavy atom. The first kappa shape index (κ1) is 49.9. The van der Waals surface area contributed by atoms with Crippen molar-refractivity contribution in [3.05, 3.63) is 238 Å². The Labute approximate surface area is 407 Å². The number of nitrogens with zero attached hydrogens (tertiary/aromatic N) is 3. The summed E-state index contributed by atoms with van der Waals surface area (Å²) in [5.41, 5.74) is 2.74. The van der Waals surface area contributed by atoms with Gasteiger partial charge in [-0.15, -0.1) is 0 Å². The number of carbonyl (C=O) groups is 3. The number of hydrogen-bond acceptors (Lipinski definition) is 8. The average molecular weight is 1030 g/mol. The fourth-order valence-corrected chi connectivity index (χ4v) is 8.36. The molecule has 0 amide bonds. The van der Waals surface area contributed by atoms with Crippen LogP contribution in [0.25, 0.3) is 0 Å². The summed E-state index contributed by atoms with van der Waals surface area (Å²) in [4.78, 5) is 50.4. The lowest BCUT2D eigenvalue weighted by Gasteiger charge is -2.06. The van der Waals surface area contributed by atoms with E-state index < -0.39 is 9.84 Å². The highest BCUT2D eigenvalue weighted by Gasteiger charge is 2.21. The third-order valence-electron chi connectivity index (χ3n) is 8.36. The van der Waals surface area contributed by atoms with Crippen LogP contribution in [0.5, 0.6) is 0 Å². The van der Waals surface area contributed by atoms with Gasteiger partial charge < -0.3 is 4.98 Å². The Bertz CT molecular complexity index is 2900.